The highest BCUT2D eigenvalue weighted by Gasteiger charge is 1.88. The van der Waals surface area contributed by atoms with Crippen LogP contribution in [0.15, 0.2) is 30.6 Å². The van der Waals surface area contributed by atoms with E-state index in [1.54, 1.807) is 6.20 Å². The van der Waals surface area contributed by atoms with Crippen molar-refractivity contribution >= 4 is 20.7 Å². The molecule has 0 spiro atoms. The quantitative estimate of drug-likeness (QED) is 0.547. The monoisotopic (exact) mass is 145 g/mol. The van der Waals surface area contributed by atoms with Crippen molar-refractivity contribution in [1.29, 1.82) is 0 Å². The molecule has 0 unspecified atom stereocenters. The Kier molecular flexibility index (Phi) is 2.68. The molecule has 0 saturated carbocycles. The van der Waals surface area contributed by atoms with Crippen molar-refractivity contribution in [2.75, 3.05) is 0 Å². The molecule has 1 nitrogen and oxygen atoms in total. The lowest BCUT2D eigenvalue weighted by atomic mass is 10.2. The van der Waals surface area contributed by atoms with Crippen LogP contribution in [0.3, 0.4) is 0 Å². The molecule has 0 aliphatic carbocycles. The van der Waals surface area contributed by atoms with E-state index in [2.05, 4.69) is 21.3 Å². The summed E-state index contributed by atoms with van der Waals surface area (Å²) < 4.78 is 1.19. The number of pyridine rings is 1. The highest BCUT2D eigenvalue weighted by Crippen LogP contribution is 2.06. The van der Waals surface area contributed by atoms with Gasteiger partial charge in [0.25, 0.3) is 0 Å². The Hall–Kier alpha value is -0.578. The molecule has 0 aliphatic rings. The molecule has 48 valence electrons. The van der Waals surface area contributed by atoms with Gasteiger partial charge in [-0.1, -0.05) is 6.07 Å². The fraction of sp³-hybridized carbons (Fsp3) is 0.125. The zero-order valence-electron chi connectivity index (χ0n) is 5.91. The molecule has 0 fully saturated rings. The molecule has 1 rings (SSSR count). The molecule has 0 aromatic carbocycles. The second-order valence-electron chi connectivity index (χ2n) is 1.99. The Bertz CT molecular complexity index is 228. The minimum Gasteiger partial charge on any atom is -0.264 e. The minimum atomic E-state index is 1.16. The van der Waals surface area contributed by atoms with Gasteiger partial charge in [-0.05, 0) is 18.6 Å². The van der Waals surface area contributed by atoms with E-state index < -0.39 is 0 Å². The average molecular weight is 145 g/mol. The molecule has 1 aromatic heterocycles. The first-order valence-electron chi connectivity index (χ1n) is 3.17. The molecular weight excluding hydrogens is 137 g/mol. The van der Waals surface area contributed by atoms with E-state index in [1.807, 2.05) is 31.3 Å². The summed E-state index contributed by atoms with van der Waals surface area (Å²) in [5, 5.41) is 0. The van der Waals surface area contributed by atoms with Crippen molar-refractivity contribution in [3.63, 3.8) is 0 Å². The lowest BCUT2D eigenvalue weighted by Crippen LogP contribution is -1.82. The Morgan fingerprint density at radius 1 is 1.70 bits per heavy atom. The van der Waals surface area contributed by atoms with Gasteiger partial charge in [-0.25, -0.2) is 0 Å². The van der Waals surface area contributed by atoms with Crippen LogP contribution in [-0.4, -0.2) is 21.3 Å². The van der Waals surface area contributed by atoms with Gasteiger partial charge in [0.05, 0.1) is 0 Å². The van der Waals surface area contributed by atoms with Crippen molar-refractivity contribution < 1.29 is 0 Å². The first kappa shape index (κ1) is 7.53. The molecule has 1 heterocycles. The van der Waals surface area contributed by atoms with Gasteiger partial charge in [-0.3, -0.25) is 4.98 Å². The van der Waals surface area contributed by atoms with Crippen molar-refractivity contribution in [2.45, 2.75) is 6.92 Å². The number of nitrogens with zero attached hydrogens (tertiary/aromatic N) is 1. The number of allylic oxidation sites excluding steroid dienone is 1. The highest BCUT2D eigenvalue weighted by atomic mass is 27.0. The predicted octanol–water partition coefficient (Wildman–Crippen LogP) is 1.61. The van der Waals surface area contributed by atoms with E-state index in [0.717, 1.165) is 5.56 Å². The maximum absolute atomic E-state index is 4.00. The summed E-state index contributed by atoms with van der Waals surface area (Å²) in [5.41, 5.74) is 1.16. The van der Waals surface area contributed by atoms with E-state index >= 15 is 0 Å². The summed E-state index contributed by atoms with van der Waals surface area (Å²) in [6.07, 6.45) is 5.67. The van der Waals surface area contributed by atoms with Gasteiger partial charge in [-0.15, -0.1) is 10.5 Å². The predicted molar refractivity (Wildman–Crippen MR) is 43.6 cm³/mol. The topological polar surface area (TPSA) is 12.9 Å². The third-order valence-corrected chi connectivity index (χ3v) is 1.97. The summed E-state index contributed by atoms with van der Waals surface area (Å²) in [7, 11) is 0. The first-order chi connectivity index (χ1) is 4.84. The van der Waals surface area contributed by atoms with Gasteiger partial charge < -0.3 is 0 Å². The minimum absolute atomic E-state index is 1.16. The Morgan fingerprint density at radius 3 is 3.00 bits per heavy atom. The van der Waals surface area contributed by atoms with Crippen molar-refractivity contribution in [2.24, 2.45) is 0 Å². The largest absolute Gasteiger partial charge is 0.264 e. The maximum Gasteiger partial charge on any atom is 0.176 e. The fourth-order valence-corrected chi connectivity index (χ4v) is 0.871. The Labute approximate surface area is 69.2 Å². The van der Waals surface area contributed by atoms with Crippen molar-refractivity contribution in [3.8, 4) is 0 Å². The number of rotatable bonds is 1. The molecular formula is C8H8AlN. The summed E-state index contributed by atoms with van der Waals surface area (Å²) in [6, 6.07) is 3.97. The van der Waals surface area contributed by atoms with Crippen LogP contribution in [-0.2, 0) is 0 Å². The van der Waals surface area contributed by atoms with Gasteiger partial charge in [0.2, 0.25) is 0 Å². The number of hydrogen-bond acceptors (Lipinski definition) is 1. The van der Waals surface area contributed by atoms with Crippen LogP contribution in [0.25, 0.3) is 4.44 Å². The number of hydrogen-bond donors (Lipinski definition) is 0. The van der Waals surface area contributed by atoms with Gasteiger partial charge in [0.15, 0.2) is 16.3 Å². The van der Waals surface area contributed by atoms with E-state index in [-0.39, 0.29) is 0 Å². The van der Waals surface area contributed by atoms with E-state index in [4.69, 9.17) is 0 Å². The van der Waals surface area contributed by atoms with Gasteiger partial charge in [0.1, 0.15) is 0 Å². The van der Waals surface area contributed by atoms with Crippen LogP contribution in [0.5, 0.6) is 0 Å². The maximum atomic E-state index is 4.00. The van der Waals surface area contributed by atoms with Crippen LogP contribution >= 0.6 is 0 Å². The van der Waals surface area contributed by atoms with Gasteiger partial charge >= 0.3 is 0 Å². The third-order valence-electron chi connectivity index (χ3n) is 1.31. The lowest BCUT2D eigenvalue weighted by molar-refractivity contribution is 1.31. The highest BCUT2D eigenvalue weighted by molar-refractivity contribution is 6.42. The molecule has 0 aliphatic heterocycles. The zero-order valence-corrected chi connectivity index (χ0v) is 7.07. The van der Waals surface area contributed by atoms with Gasteiger partial charge in [0, 0.05) is 12.4 Å². The Morgan fingerprint density at radius 2 is 2.50 bits per heavy atom. The van der Waals surface area contributed by atoms with Crippen LogP contribution in [0.2, 0.25) is 0 Å². The molecule has 0 atom stereocenters. The number of aromatic nitrogens is 1. The van der Waals surface area contributed by atoms with Crippen LogP contribution < -0.4 is 0 Å². The molecule has 0 saturated heterocycles. The molecule has 0 N–H and O–H groups in total. The zero-order chi connectivity index (χ0) is 7.40. The molecule has 10 heavy (non-hydrogen) atoms. The van der Waals surface area contributed by atoms with E-state index in [1.165, 1.54) is 4.44 Å². The van der Waals surface area contributed by atoms with Crippen molar-refractivity contribution in [1.82, 2.24) is 4.98 Å². The second kappa shape index (κ2) is 3.56. The average Bonchev–Trinajstić information content (AvgIpc) is 2.05. The summed E-state index contributed by atoms with van der Waals surface area (Å²) in [5.74, 6) is 0. The molecule has 2 radical (unpaired) electrons. The Balaban J connectivity index is 2.96. The third kappa shape index (κ3) is 1.70. The van der Waals surface area contributed by atoms with Crippen LogP contribution in [0.1, 0.15) is 12.5 Å². The second-order valence-corrected chi connectivity index (χ2v) is 2.61. The SMILES string of the molecule is C/C=[C](/[Al])c1cccnc1. The van der Waals surface area contributed by atoms with Crippen LogP contribution in [0.4, 0.5) is 0 Å². The lowest BCUT2D eigenvalue weighted by Gasteiger charge is -1.98. The first-order valence-corrected chi connectivity index (χ1v) is 3.74. The standard InChI is InChI=1S/C8H8N.Al/c1-2-4-8-5-3-6-9-7-8;/h2-3,5-7H,1H3;. The molecule has 0 bridgehead atoms. The van der Waals surface area contributed by atoms with Crippen LogP contribution in [0, 0.1) is 0 Å². The van der Waals surface area contributed by atoms with Crippen molar-refractivity contribution in [3.05, 3.63) is 36.2 Å². The molecule has 1 aromatic rings. The summed E-state index contributed by atoms with van der Waals surface area (Å²) >= 11 is 2.67. The summed E-state index contributed by atoms with van der Waals surface area (Å²) in [4.78, 5) is 4.00. The molecule has 2 heteroatoms. The fourth-order valence-electron chi connectivity index (χ4n) is 0.700. The van der Waals surface area contributed by atoms with E-state index in [0.29, 0.717) is 0 Å². The van der Waals surface area contributed by atoms with E-state index in [9.17, 15) is 0 Å². The van der Waals surface area contributed by atoms with Gasteiger partial charge in [-0.2, -0.15) is 0 Å². The normalized spacial score (nSPS) is 11.5. The smallest absolute Gasteiger partial charge is 0.176 e. The summed E-state index contributed by atoms with van der Waals surface area (Å²) in [6.45, 7) is 2.01. The molecule has 0 amide bonds.